The van der Waals surface area contributed by atoms with Gasteiger partial charge < -0.3 is 10.4 Å². The van der Waals surface area contributed by atoms with Gasteiger partial charge in [0.1, 0.15) is 5.75 Å². The van der Waals surface area contributed by atoms with Crippen LogP contribution < -0.4 is 5.32 Å². The van der Waals surface area contributed by atoms with Crippen LogP contribution in [0.3, 0.4) is 0 Å². The van der Waals surface area contributed by atoms with Crippen LogP contribution in [0.2, 0.25) is 0 Å². The minimum atomic E-state index is -3.74. The Morgan fingerprint density at radius 3 is 2.35 bits per heavy atom. The number of sulfonamides is 1. The number of benzene rings is 2. The molecule has 0 aromatic heterocycles. The summed E-state index contributed by atoms with van der Waals surface area (Å²) >= 11 is 0. The molecule has 2 aromatic carbocycles. The van der Waals surface area contributed by atoms with Gasteiger partial charge in [-0.15, -0.1) is 0 Å². The maximum absolute atomic E-state index is 12.4. The first kappa shape index (κ1) is 17.0. The molecular weight excluding hydrogens is 316 g/mol. The van der Waals surface area contributed by atoms with Gasteiger partial charge in [0.15, 0.2) is 0 Å². The van der Waals surface area contributed by atoms with E-state index in [0.29, 0.717) is 0 Å². The molecule has 0 spiro atoms. The first-order valence-electron chi connectivity index (χ1n) is 6.91. The summed E-state index contributed by atoms with van der Waals surface area (Å²) in [4.78, 5) is 12.1. The largest absolute Gasteiger partial charge is 0.506 e. The summed E-state index contributed by atoms with van der Waals surface area (Å²) in [5, 5.41) is 12.1. The van der Waals surface area contributed by atoms with E-state index < -0.39 is 15.9 Å². The molecule has 0 saturated carbocycles. The highest BCUT2D eigenvalue weighted by Crippen LogP contribution is 2.21. The van der Waals surface area contributed by atoms with Gasteiger partial charge in [-0.05, 0) is 31.2 Å². The number of amides is 1. The highest BCUT2D eigenvalue weighted by atomic mass is 32.2. The maximum Gasteiger partial charge on any atom is 0.243 e. The summed E-state index contributed by atoms with van der Waals surface area (Å²) in [5.74, 6) is -0.616. The Hall–Kier alpha value is -2.38. The van der Waals surface area contributed by atoms with Crippen LogP contribution in [0.4, 0.5) is 5.69 Å². The Morgan fingerprint density at radius 1 is 1.13 bits per heavy atom. The van der Waals surface area contributed by atoms with Gasteiger partial charge >= 0.3 is 0 Å². The van der Waals surface area contributed by atoms with Crippen molar-refractivity contribution in [3.8, 4) is 5.75 Å². The lowest BCUT2D eigenvalue weighted by molar-refractivity contribution is -0.116. The fraction of sp³-hybridized carbons (Fsp3) is 0.188. The van der Waals surface area contributed by atoms with Gasteiger partial charge in [-0.3, -0.25) is 4.79 Å². The van der Waals surface area contributed by atoms with Crippen LogP contribution in [-0.4, -0.2) is 37.3 Å². The van der Waals surface area contributed by atoms with Gasteiger partial charge in [-0.1, -0.05) is 29.8 Å². The van der Waals surface area contributed by atoms with E-state index >= 15 is 0 Å². The summed E-state index contributed by atoms with van der Waals surface area (Å²) in [6.45, 7) is 1.50. The lowest BCUT2D eigenvalue weighted by Crippen LogP contribution is -2.34. The quantitative estimate of drug-likeness (QED) is 0.818. The van der Waals surface area contributed by atoms with E-state index in [1.165, 1.54) is 31.3 Å². The maximum atomic E-state index is 12.4. The molecule has 0 atom stereocenters. The van der Waals surface area contributed by atoms with E-state index in [0.717, 1.165) is 9.87 Å². The summed E-state index contributed by atoms with van der Waals surface area (Å²) in [6.07, 6.45) is 0. The third-order valence-electron chi connectivity index (χ3n) is 3.27. The number of aryl methyl sites for hydroxylation is 1. The predicted molar refractivity (Wildman–Crippen MR) is 87.7 cm³/mol. The second kappa shape index (κ2) is 6.80. The smallest absolute Gasteiger partial charge is 0.243 e. The van der Waals surface area contributed by atoms with Crippen molar-refractivity contribution in [3.05, 3.63) is 54.1 Å². The second-order valence-electron chi connectivity index (χ2n) is 5.14. The van der Waals surface area contributed by atoms with Crippen LogP contribution in [0.5, 0.6) is 5.75 Å². The third kappa shape index (κ3) is 4.08. The average Bonchev–Trinajstić information content (AvgIpc) is 2.50. The monoisotopic (exact) mass is 334 g/mol. The van der Waals surface area contributed by atoms with Crippen LogP contribution in [0, 0.1) is 6.92 Å². The fourth-order valence-corrected chi connectivity index (χ4v) is 3.07. The van der Waals surface area contributed by atoms with E-state index in [-0.39, 0.29) is 22.9 Å². The summed E-state index contributed by atoms with van der Waals surface area (Å²) < 4.78 is 25.8. The Labute approximate surface area is 135 Å². The van der Waals surface area contributed by atoms with Gasteiger partial charge in [0.2, 0.25) is 15.9 Å². The molecule has 0 heterocycles. The molecule has 0 fully saturated rings. The number of hydrogen-bond acceptors (Lipinski definition) is 4. The molecule has 2 aromatic rings. The topological polar surface area (TPSA) is 86.7 Å². The molecule has 23 heavy (non-hydrogen) atoms. The van der Waals surface area contributed by atoms with Crippen LogP contribution in [0.25, 0.3) is 0 Å². The zero-order chi connectivity index (χ0) is 17.0. The van der Waals surface area contributed by atoms with Gasteiger partial charge in [0, 0.05) is 7.05 Å². The zero-order valence-corrected chi connectivity index (χ0v) is 13.7. The second-order valence-corrected chi connectivity index (χ2v) is 7.18. The lowest BCUT2D eigenvalue weighted by Gasteiger charge is -2.17. The average molecular weight is 334 g/mol. The fourth-order valence-electron chi connectivity index (χ4n) is 1.95. The third-order valence-corrected chi connectivity index (χ3v) is 5.09. The highest BCUT2D eigenvalue weighted by molar-refractivity contribution is 7.89. The first-order chi connectivity index (χ1) is 10.8. The number of hydrogen-bond donors (Lipinski definition) is 2. The number of nitrogens with zero attached hydrogens (tertiary/aromatic N) is 1. The molecular formula is C16H18N2O4S. The van der Waals surface area contributed by atoms with E-state index in [1.54, 1.807) is 24.3 Å². The number of anilines is 1. The number of phenols is 1. The van der Waals surface area contributed by atoms with Crippen molar-refractivity contribution < 1.29 is 18.3 Å². The SMILES string of the molecule is Cc1ccc(S(=O)(=O)N(C)CC(=O)Nc2ccccc2O)cc1. The Bertz CT molecular complexity index is 801. The van der Waals surface area contributed by atoms with Crippen LogP contribution in [0.1, 0.15) is 5.56 Å². The molecule has 2 N–H and O–H groups in total. The van der Waals surface area contributed by atoms with Crippen molar-refractivity contribution >= 4 is 21.6 Å². The highest BCUT2D eigenvalue weighted by Gasteiger charge is 2.23. The Balaban J connectivity index is 2.08. The van der Waals surface area contributed by atoms with E-state index in [1.807, 2.05) is 6.92 Å². The van der Waals surface area contributed by atoms with Crippen LogP contribution in [0.15, 0.2) is 53.4 Å². The lowest BCUT2D eigenvalue weighted by atomic mass is 10.2. The molecule has 0 aliphatic carbocycles. The van der Waals surface area contributed by atoms with Gasteiger partial charge in [0.25, 0.3) is 0 Å². The number of para-hydroxylation sites is 2. The van der Waals surface area contributed by atoms with Crippen molar-refractivity contribution in [1.29, 1.82) is 0 Å². The Kier molecular flexibility index (Phi) is 5.02. The Morgan fingerprint density at radius 2 is 1.74 bits per heavy atom. The molecule has 0 unspecified atom stereocenters. The molecule has 7 heteroatoms. The van der Waals surface area contributed by atoms with Crippen LogP contribution in [-0.2, 0) is 14.8 Å². The molecule has 6 nitrogen and oxygen atoms in total. The number of carbonyl (C=O) groups excluding carboxylic acids is 1. The molecule has 0 aliphatic rings. The summed E-state index contributed by atoms with van der Waals surface area (Å²) in [5.41, 5.74) is 1.18. The first-order valence-corrected chi connectivity index (χ1v) is 8.35. The number of aromatic hydroxyl groups is 1. The zero-order valence-electron chi connectivity index (χ0n) is 12.9. The minimum absolute atomic E-state index is 0.0788. The van der Waals surface area contributed by atoms with Crippen LogP contribution >= 0.6 is 0 Å². The standard InChI is InChI=1S/C16H18N2O4S/c1-12-7-9-13(10-8-12)23(21,22)18(2)11-16(20)17-14-5-3-4-6-15(14)19/h3-10,19H,11H2,1-2H3,(H,17,20). The summed E-state index contributed by atoms with van der Waals surface area (Å²) in [7, 11) is -2.41. The van der Waals surface area contributed by atoms with E-state index in [9.17, 15) is 18.3 Å². The number of likely N-dealkylation sites (N-methyl/N-ethyl adjacent to an activating group) is 1. The number of carbonyl (C=O) groups is 1. The van der Waals surface area contributed by atoms with Gasteiger partial charge in [0.05, 0.1) is 17.1 Å². The number of phenolic OH excluding ortho intramolecular Hbond substituents is 1. The molecule has 2 rings (SSSR count). The molecule has 122 valence electrons. The van der Waals surface area contributed by atoms with Crippen molar-refractivity contribution in [1.82, 2.24) is 4.31 Å². The van der Waals surface area contributed by atoms with Crippen molar-refractivity contribution in [3.63, 3.8) is 0 Å². The number of nitrogens with one attached hydrogen (secondary N) is 1. The number of rotatable bonds is 5. The summed E-state index contributed by atoms with van der Waals surface area (Å²) in [6, 6.07) is 12.6. The van der Waals surface area contributed by atoms with Crippen molar-refractivity contribution in [2.75, 3.05) is 18.9 Å². The molecule has 0 saturated heterocycles. The van der Waals surface area contributed by atoms with Gasteiger partial charge in [-0.25, -0.2) is 8.42 Å². The van der Waals surface area contributed by atoms with E-state index in [2.05, 4.69) is 5.32 Å². The van der Waals surface area contributed by atoms with Gasteiger partial charge in [-0.2, -0.15) is 4.31 Å². The van der Waals surface area contributed by atoms with Crippen molar-refractivity contribution in [2.45, 2.75) is 11.8 Å². The molecule has 0 bridgehead atoms. The van der Waals surface area contributed by atoms with E-state index in [4.69, 9.17) is 0 Å². The predicted octanol–water partition coefficient (Wildman–Crippen LogP) is 1.96. The minimum Gasteiger partial charge on any atom is -0.506 e. The molecule has 1 amide bonds. The normalized spacial score (nSPS) is 11.4. The molecule has 0 aliphatic heterocycles. The molecule has 0 radical (unpaired) electrons. The van der Waals surface area contributed by atoms with Crippen molar-refractivity contribution in [2.24, 2.45) is 0 Å².